The first-order valence-electron chi connectivity index (χ1n) is 7.42. The van der Waals surface area contributed by atoms with Crippen LogP contribution in [0.2, 0.25) is 5.15 Å². The normalized spacial score (nSPS) is 21.9. The van der Waals surface area contributed by atoms with Crippen LogP contribution >= 0.6 is 11.6 Å². The van der Waals surface area contributed by atoms with E-state index in [1.165, 1.54) is 0 Å². The molecule has 0 aliphatic carbocycles. The molecule has 1 aromatic rings. The molecule has 1 saturated heterocycles. The Hall–Kier alpha value is -1.33. The van der Waals surface area contributed by atoms with E-state index < -0.39 is 0 Å². The molecule has 1 aliphatic heterocycles. The van der Waals surface area contributed by atoms with Crippen molar-refractivity contribution >= 4 is 23.3 Å². The molecule has 2 N–H and O–H groups in total. The minimum absolute atomic E-state index is 0.113. The zero-order chi connectivity index (χ0) is 15.2. The fraction of sp³-hybridized carbons (Fsp3) is 0.600. The zero-order valence-corrected chi connectivity index (χ0v) is 13.2. The number of nitrogens with zero attached hydrogens (tertiary/aromatic N) is 1. The second-order valence-corrected chi connectivity index (χ2v) is 5.75. The van der Waals surface area contributed by atoms with Gasteiger partial charge in [0.15, 0.2) is 0 Å². The predicted molar refractivity (Wildman–Crippen MR) is 83.9 cm³/mol. The Morgan fingerprint density at radius 3 is 3.05 bits per heavy atom. The van der Waals surface area contributed by atoms with Gasteiger partial charge in [0.1, 0.15) is 11.0 Å². The van der Waals surface area contributed by atoms with Gasteiger partial charge in [-0.1, -0.05) is 18.5 Å². The monoisotopic (exact) mass is 311 g/mol. The minimum Gasteiger partial charge on any atom is -0.378 e. The summed E-state index contributed by atoms with van der Waals surface area (Å²) in [5.41, 5.74) is 0.535. The van der Waals surface area contributed by atoms with E-state index in [4.69, 9.17) is 16.3 Å². The summed E-state index contributed by atoms with van der Waals surface area (Å²) in [5, 5.41) is 6.51. The maximum absolute atomic E-state index is 12.3. The maximum Gasteiger partial charge on any atom is 0.251 e. The van der Waals surface area contributed by atoms with Gasteiger partial charge < -0.3 is 15.4 Å². The van der Waals surface area contributed by atoms with Crippen LogP contribution in [0.4, 0.5) is 5.82 Å². The first-order valence-corrected chi connectivity index (χ1v) is 7.80. The fourth-order valence-electron chi connectivity index (χ4n) is 2.37. The van der Waals surface area contributed by atoms with E-state index >= 15 is 0 Å². The van der Waals surface area contributed by atoms with Crippen LogP contribution in [0.25, 0.3) is 0 Å². The molecule has 6 heteroatoms. The molecular formula is C15H22ClN3O2. The topological polar surface area (TPSA) is 63.2 Å². The van der Waals surface area contributed by atoms with Gasteiger partial charge in [-0.2, -0.15) is 0 Å². The van der Waals surface area contributed by atoms with Crippen LogP contribution < -0.4 is 10.6 Å². The average Bonchev–Trinajstić information content (AvgIpc) is 2.44. The molecule has 1 aromatic heterocycles. The molecule has 0 radical (unpaired) electrons. The fourth-order valence-corrected chi connectivity index (χ4v) is 2.58. The molecule has 2 heterocycles. The van der Waals surface area contributed by atoms with Crippen molar-refractivity contribution in [2.45, 2.75) is 45.3 Å². The second-order valence-electron chi connectivity index (χ2n) is 5.37. The van der Waals surface area contributed by atoms with Crippen molar-refractivity contribution < 1.29 is 9.53 Å². The van der Waals surface area contributed by atoms with Crippen LogP contribution in [0.5, 0.6) is 0 Å². The van der Waals surface area contributed by atoms with Crippen molar-refractivity contribution in [1.82, 2.24) is 10.3 Å². The van der Waals surface area contributed by atoms with Gasteiger partial charge in [0.25, 0.3) is 5.91 Å². The van der Waals surface area contributed by atoms with Crippen LogP contribution in [-0.2, 0) is 4.74 Å². The van der Waals surface area contributed by atoms with Gasteiger partial charge >= 0.3 is 0 Å². The lowest BCUT2D eigenvalue weighted by Crippen LogP contribution is -2.41. The lowest BCUT2D eigenvalue weighted by Gasteiger charge is -2.28. The number of aromatic nitrogens is 1. The molecular weight excluding hydrogens is 290 g/mol. The van der Waals surface area contributed by atoms with E-state index in [0.29, 0.717) is 23.1 Å². The summed E-state index contributed by atoms with van der Waals surface area (Å²) < 4.78 is 5.49. The molecule has 2 atom stereocenters. The highest BCUT2D eigenvalue weighted by molar-refractivity contribution is 6.29. The largest absolute Gasteiger partial charge is 0.378 e. The summed E-state index contributed by atoms with van der Waals surface area (Å²) in [4.78, 5) is 16.5. The number of carbonyl (C=O) groups excluding carboxylic acids is 1. The summed E-state index contributed by atoms with van der Waals surface area (Å²) in [6.45, 7) is 5.57. The Bertz CT molecular complexity index is 496. The Morgan fingerprint density at radius 2 is 2.33 bits per heavy atom. The Balaban J connectivity index is 2.02. The number of hydrogen-bond acceptors (Lipinski definition) is 4. The summed E-state index contributed by atoms with van der Waals surface area (Å²) in [5.74, 6) is 0.521. The highest BCUT2D eigenvalue weighted by atomic mass is 35.5. The molecule has 0 aromatic carbocycles. The molecule has 0 bridgehead atoms. The second kappa shape index (κ2) is 7.61. The average molecular weight is 312 g/mol. The SMILES string of the molecule is CCCNc1cc(C(=O)NC2CCOC(C)C2)cc(Cl)n1. The molecule has 5 nitrogen and oxygen atoms in total. The third-order valence-corrected chi connectivity index (χ3v) is 3.63. The number of amides is 1. The van der Waals surface area contributed by atoms with Crippen molar-refractivity contribution in [3.05, 3.63) is 22.8 Å². The molecule has 21 heavy (non-hydrogen) atoms. The van der Waals surface area contributed by atoms with Gasteiger partial charge in [-0.05, 0) is 38.3 Å². The van der Waals surface area contributed by atoms with Gasteiger partial charge in [0.2, 0.25) is 0 Å². The third-order valence-electron chi connectivity index (χ3n) is 3.43. The van der Waals surface area contributed by atoms with Crippen LogP contribution in [0.3, 0.4) is 0 Å². The van der Waals surface area contributed by atoms with E-state index in [1.807, 2.05) is 6.92 Å². The standard InChI is InChI=1S/C15H22ClN3O2/c1-3-5-17-14-9-11(8-13(16)19-14)15(20)18-12-4-6-21-10(2)7-12/h8-10,12H,3-7H2,1-2H3,(H,17,19)(H,18,20). The van der Waals surface area contributed by atoms with Gasteiger partial charge in [-0.15, -0.1) is 0 Å². The summed E-state index contributed by atoms with van der Waals surface area (Å²) in [7, 11) is 0. The molecule has 0 spiro atoms. The minimum atomic E-state index is -0.113. The summed E-state index contributed by atoms with van der Waals surface area (Å²) in [6, 6.07) is 3.48. The Morgan fingerprint density at radius 1 is 1.52 bits per heavy atom. The van der Waals surface area contributed by atoms with Gasteiger partial charge in [-0.3, -0.25) is 4.79 Å². The highest BCUT2D eigenvalue weighted by Gasteiger charge is 2.21. The molecule has 1 fully saturated rings. The summed E-state index contributed by atoms with van der Waals surface area (Å²) in [6.07, 6.45) is 2.85. The first kappa shape index (κ1) is 16.0. The van der Waals surface area contributed by atoms with Crippen molar-refractivity contribution in [2.75, 3.05) is 18.5 Å². The number of rotatable bonds is 5. The van der Waals surface area contributed by atoms with Crippen molar-refractivity contribution in [3.8, 4) is 0 Å². The molecule has 1 aliphatic rings. The molecule has 1 amide bonds. The molecule has 2 rings (SSSR count). The number of halogens is 1. The number of pyridine rings is 1. The number of ether oxygens (including phenoxy) is 1. The Kier molecular flexibility index (Phi) is 5.82. The van der Waals surface area contributed by atoms with Crippen molar-refractivity contribution in [1.29, 1.82) is 0 Å². The number of anilines is 1. The van der Waals surface area contributed by atoms with E-state index in [0.717, 1.165) is 25.8 Å². The predicted octanol–water partition coefficient (Wildman–Crippen LogP) is 2.85. The molecule has 116 valence electrons. The van der Waals surface area contributed by atoms with Gasteiger partial charge in [-0.25, -0.2) is 4.98 Å². The van der Waals surface area contributed by atoms with Crippen LogP contribution in [-0.4, -0.2) is 36.2 Å². The highest BCUT2D eigenvalue weighted by Crippen LogP contribution is 2.17. The van der Waals surface area contributed by atoms with Crippen LogP contribution in [0.15, 0.2) is 12.1 Å². The van der Waals surface area contributed by atoms with Crippen molar-refractivity contribution in [3.63, 3.8) is 0 Å². The lowest BCUT2D eigenvalue weighted by atomic mass is 10.0. The van der Waals surface area contributed by atoms with Crippen molar-refractivity contribution in [2.24, 2.45) is 0 Å². The van der Waals surface area contributed by atoms with E-state index in [9.17, 15) is 4.79 Å². The smallest absolute Gasteiger partial charge is 0.251 e. The zero-order valence-electron chi connectivity index (χ0n) is 12.5. The Labute approximate surface area is 130 Å². The number of hydrogen-bond donors (Lipinski definition) is 2. The molecule has 0 saturated carbocycles. The van der Waals surface area contributed by atoms with E-state index in [-0.39, 0.29) is 18.1 Å². The number of carbonyl (C=O) groups is 1. The molecule has 2 unspecified atom stereocenters. The van der Waals surface area contributed by atoms with Gasteiger partial charge in [0.05, 0.1) is 6.10 Å². The van der Waals surface area contributed by atoms with Crippen LogP contribution in [0.1, 0.15) is 43.5 Å². The van der Waals surface area contributed by atoms with E-state index in [2.05, 4.69) is 22.5 Å². The van der Waals surface area contributed by atoms with E-state index in [1.54, 1.807) is 12.1 Å². The summed E-state index contributed by atoms with van der Waals surface area (Å²) >= 11 is 5.99. The number of nitrogens with one attached hydrogen (secondary N) is 2. The maximum atomic E-state index is 12.3. The quantitative estimate of drug-likeness (QED) is 0.821. The van der Waals surface area contributed by atoms with Gasteiger partial charge in [0, 0.05) is 24.8 Å². The third kappa shape index (κ3) is 4.86. The first-order chi connectivity index (χ1) is 10.1. The van der Waals surface area contributed by atoms with Crippen LogP contribution in [0, 0.1) is 0 Å². The lowest BCUT2D eigenvalue weighted by molar-refractivity contribution is 0.0136.